The van der Waals surface area contributed by atoms with Crippen molar-refractivity contribution in [2.45, 2.75) is 36.2 Å². The zero-order chi connectivity index (χ0) is 19.4. The predicted octanol–water partition coefficient (Wildman–Crippen LogP) is 2.82. The van der Waals surface area contributed by atoms with Gasteiger partial charge in [-0.15, -0.1) is 0 Å². The van der Waals surface area contributed by atoms with Crippen LogP contribution in [0.3, 0.4) is 0 Å². The lowest BCUT2D eigenvalue weighted by Gasteiger charge is -2.11. The molecule has 144 valence electrons. The Kier molecular flexibility index (Phi) is 6.08. The molecule has 0 saturated carbocycles. The number of amides is 1. The minimum Gasteiger partial charge on any atom is -0.378 e. The van der Waals surface area contributed by atoms with Gasteiger partial charge in [0.25, 0.3) is 0 Å². The molecule has 0 radical (unpaired) electrons. The average molecular weight is 410 g/mol. The molecule has 1 unspecified atom stereocenters. The smallest absolute Gasteiger partial charge is 0.225 e. The van der Waals surface area contributed by atoms with Gasteiger partial charge in [0.05, 0.1) is 28.8 Å². The summed E-state index contributed by atoms with van der Waals surface area (Å²) in [6.07, 6.45) is 7.32. The standard InChI is InChI=1S/C18H20ClN3O4S/c1-27(24,25)16-4-2-12(9-15(16)19)13-8-14(26-11-13)3-5-18(23)22-17-10-20-6-7-21-17/h2,4,6-7,9-10,13-14H,3,5,8,11H2,1H3,(H,21,22,23)/t13?,14-/m1/s1. The number of nitrogens with one attached hydrogen (secondary N) is 1. The number of aromatic nitrogens is 2. The molecule has 1 aliphatic rings. The summed E-state index contributed by atoms with van der Waals surface area (Å²) < 4.78 is 29.1. The van der Waals surface area contributed by atoms with E-state index in [4.69, 9.17) is 16.3 Å². The van der Waals surface area contributed by atoms with Gasteiger partial charge in [-0.3, -0.25) is 9.78 Å². The van der Waals surface area contributed by atoms with Crippen LogP contribution >= 0.6 is 11.6 Å². The van der Waals surface area contributed by atoms with Crippen molar-refractivity contribution in [3.63, 3.8) is 0 Å². The topological polar surface area (TPSA) is 98.2 Å². The van der Waals surface area contributed by atoms with Gasteiger partial charge in [-0.05, 0) is 30.5 Å². The average Bonchev–Trinajstić information content (AvgIpc) is 3.09. The molecular weight excluding hydrogens is 390 g/mol. The third-order valence-electron chi connectivity index (χ3n) is 4.43. The molecule has 9 heteroatoms. The summed E-state index contributed by atoms with van der Waals surface area (Å²) >= 11 is 6.12. The van der Waals surface area contributed by atoms with E-state index in [0.29, 0.717) is 25.3 Å². The fraction of sp³-hybridized carbons (Fsp3) is 0.389. The van der Waals surface area contributed by atoms with Crippen molar-refractivity contribution in [2.24, 2.45) is 0 Å². The summed E-state index contributed by atoms with van der Waals surface area (Å²) in [5, 5.41) is 2.92. The van der Waals surface area contributed by atoms with Crippen molar-refractivity contribution in [1.29, 1.82) is 0 Å². The van der Waals surface area contributed by atoms with Gasteiger partial charge < -0.3 is 10.1 Å². The summed E-state index contributed by atoms with van der Waals surface area (Å²) in [4.78, 5) is 20.0. The van der Waals surface area contributed by atoms with E-state index in [-0.39, 0.29) is 27.8 Å². The quantitative estimate of drug-likeness (QED) is 0.787. The van der Waals surface area contributed by atoms with Crippen LogP contribution in [0.1, 0.15) is 30.7 Å². The van der Waals surface area contributed by atoms with Crippen LogP contribution in [0, 0.1) is 0 Å². The van der Waals surface area contributed by atoms with Gasteiger partial charge in [0, 0.05) is 31.0 Å². The minimum absolute atomic E-state index is 0.0315. The maximum atomic E-state index is 12.0. The van der Waals surface area contributed by atoms with E-state index in [9.17, 15) is 13.2 Å². The number of ether oxygens (including phenoxy) is 1. The Hall–Kier alpha value is -2.03. The Bertz CT molecular complexity index is 921. The van der Waals surface area contributed by atoms with Gasteiger partial charge in [-0.25, -0.2) is 13.4 Å². The maximum Gasteiger partial charge on any atom is 0.225 e. The zero-order valence-electron chi connectivity index (χ0n) is 14.8. The largest absolute Gasteiger partial charge is 0.378 e. The molecule has 1 fully saturated rings. The molecule has 1 amide bonds. The third kappa shape index (κ3) is 5.24. The van der Waals surface area contributed by atoms with Gasteiger partial charge in [-0.2, -0.15) is 0 Å². The number of carbonyl (C=O) groups excluding carboxylic acids is 1. The second-order valence-electron chi connectivity index (χ2n) is 6.53. The van der Waals surface area contributed by atoms with Gasteiger partial charge >= 0.3 is 0 Å². The van der Waals surface area contributed by atoms with Crippen LogP contribution in [0.4, 0.5) is 5.82 Å². The molecule has 1 N–H and O–H groups in total. The summed E-state index contributed by atoms with van der Waals surface area (Å²) in [6.45, 7) is 0.519. The minimum atomic E-state index is -3.35. The van der Waals surface area contributed by atoms with E-state index in [1.807, 2.05) is 0 Å². The van der Waals surface area contributed by atoms with E-state index in [1.54, 1.807) is 12.1 Å². The highest BCUT2D eigenvalue weighted by Gasteiger charge is 2.28. The van der Waals surface area contributed by atoms with Gasteiger partial charge in [0.1, 0.15) is 0 Å². The Labute approximate surface area is 163 Å². The molecular formula is C18H20ClN3O4S. The Balaban J connectivity index is 1.53. The SMILES string of the molecule is CS(=O)(=O)c1ccc(C2CO[C@H](CCC(=O)Nc3cnccn3)C2)cc1Cl. The fourth-order valence-corrected chi connectivity index (χ4v) is 4.41. The Morgan fingerprint density at radius 2 is 2.19 bits per heavy atom. The number of hydrogen-bond acceptors (Lipinski definition) is 6. The zero-order valence-corrected chi connectivity index (χ0v) is 16.3. The number of carbonyl (C=O) groups is 1. The number of halogens is 1. The van der Waals surface area contributed by atoms with Crippen LogP contribution in [0.5, 0.6) is 0 Å². The molecule has 0 aliphatic carbocycles. The molecule has 2 aromatic rings. The van der Waals surface area contributed by atoms with Crippen molar-refractivity contribution in [3.8, 4) is 0 Å². The summed E-state index contributed by atoms with van der Waals surface area (Å²) in [5.41, 5.74) is 0.943. The third-order valence-corrected chi connectivity index (χ3v) is 6.01. The summed E-state index contributed by atoms with van der Waals surface area (Å²) in [5.74, 6) is 0.417. The van der Waals surface area contributed by atoms with E-state index >= 15 is 0 Å². The normalized spacial score (nSPS) is 19.8. The molecule has 0 bridgehead atoms. The molecule has 2 atom stereocenters. The lowest BCUT2D eigenvalue weighted by Crippen LogP contribution is -2.16. The number of anilines is 1. The highest BCUT2D eigenvalue weighted by molar-refractivity contribution is 7.90. The van der Waals surface area contributed by atoms with E-state index < -0.39 is 9.84 Å². The van der Waals surface area contributed by atoms with Crippen molar-refractivity contribution in [2.75, 3.05) is 18.2 Å². The number of benzene rings is 1. The first-order valence-corrected chi connectivity index (χ1v) is 10.8. The van der Waals surface area contributed by atoms with Crippen LogP contribution in [0.15, 0.2) is 41.7 Å². The first-order chi connectivity index (χ1) is 12.8. The van der Waals surface area contributed by atoms with Crippen LogP contribution in [-0.2, 0) is 19.4 Å². The molecule has 1 aromatic heterocycles. The molecule has 1 saturated heterocycles. The van der Waals surface area contributed by atoms with Gasteiger partial charge in [0.15, 0.2) is 15.7 Å². The van der Waals surface area contributed by atoms with Gasteiger partial charge in [0.2, 0.25) is 5.91 Å². The second-order valence-corrected chi connectivity index (χ2v) is 8.92. The molecule has 1 aromatic carbocycles. The lowest BCUT2D eigenvalue weighted by atomic mass is 9.95. The number of rotatable bonds is 6. The van der Waals surface area contributed by atoms with Crippen molar-refractivity contribution in [1.82, 2.24) is 9.97 Å². The molecule has 2 heterocycles. The van der Waals surface area contributed by atoms with E-state index in [1.165, 1.54) is 24.7 Å². The van der Waals surface area contributed by atoms with Crippen LogP contribution in [-0.4, -0.2) is 43.3 Å². The van der Waals surface area contributed by atoms with Crippen LogP contribution < -0.4 is 5.32 Å². The molecule has 0 spiro atoms. The molecule has 7 nitrogen and oxygen atoms in total. The highest BCUT2D eigenvalue weighted by Crippen LogP contribution is 2.34. The number of sulfone groups is 1. The van der Waals surface area contributed by atoms with Crippen LogP contribution in [0.2, 0.25) is 5.02 Å². The lowest BCUT2D eigenvalue weighted by molar-refractivity contribution is -0.116. The Morgan fingerprint density at radius 3 is 2.85 bits per heavy atom. The number of nitrogens with zero attached hydrogens (tertiary/aromatic N) is 2. The first kappa shape index (κ1) is 19.7. The first-order valence-electron chi connectivity index (χ1n) is 8.50. The highest BCUT2D eigenvalue weighted by atomic mass is 35.5. The molecule has 1 aliphatic heterocycles. The fourth-order valence-electron chi connectivity index (χ4n) is 3.07. The van der Waals surface area contributed by atoms with Crippen molar-refractivity contribution >= 4 is 33.2 Å². The summed E-state index contributed by atoms with van der Waals surface area (Å²) in [7, 11) is -3.35. The van der Waals surface area contributed by atoms with Crippen LogP contribution in [0.25, 0.3) is 0 Å². The van der Waals surface area contributed by atoms with Gasteiger partial charge in [-0.1, -0.05) is 17.7 Å². The summed E-state index contributed by atoms with van der Waals surface area (Å²) in [6, 6.07) is 5.00. The monoisotopic (exact) mass is 409 g/mol. The van der Waals surface area contributed by atoms with E-state index in [0.717, 1.165) is 18.2 Å². The predicted molar refractivity (Wildman–Crippen MR) is 102 cm³/mol. The molecule has 27 heavy (non-hydrogen) atoms. The second kappa shape index (κ2) is 8.33. The van der Waals surface area contributed by atoms with Crippen molar-refractivity contribution in [3.05, 3.63) is 47.4 Å². The van der Waals surface area contributed by atoms with E-state index in [2.05, 4.69) is 15.3 Å². The molecule has 3 rings (SSSR count). The Morgan fingerprint density at radius 1 is 1.37 bits per heavy atom. The number of hydrogen-bond donors (Lipinski definition) is 1. The maximum absolute atomic E-state index is 12.0. The van der Waals surface area contributed by atoms with Crippen molar-refractivity contribution < 1.29 is 17.9 Å².